The van der Waals surface area contributed by atoms with E-state index >= 15 is 0 Å². The van der Waals surface area contributed by atoms with Crippen molar-refractivity contribution in [3.8, 4) is 5.75 Å². The summed E-state index contributed by atoms with van der Waals surface area (Å²) in [4.78, 5) is 0. The molecular formula is C28H38F4O2. The van der Waals surface area contributed by atoms with Gasteiger partial charge in [0.1, 0.15) is 17.1 Å². The van der Waals surface area contributed by atoms with E-state index in [-0.39, 0.29) is 12.2 Å². The molecule has 3 fully saturated rings. The standard InChI is InChI=1S/C28H38F4O2/c1-3-18-5-7-19(8-6-18)20-9-11-21(12-10-20)22-13-15-24(34-17-22)23-14-16-25(33-4-2)26(27(23)29)28(30,31)32/h3,14,16,18-22,24H,1,4-13,15,17H2,2H3. The van der Waals surface area contributed by atoms with Crippen LogP contribution in [0.1, 0.15) is 88.4 Å². The van der Waals surface area contributed by atoms with Crippen LogP contribution in [0.5, 0.6) is 5.75 Å². The molecule has 6 heteroatoms. The Morgan fingerprint density at radius 1 is 0.912 bits per heavy atom. The third kappa shape index (κ3) is 5.63. The van der Waals surface area contributed by atoms with Crippen molar-refractivity contribution in [2.45, 2.75) is 83.4 Å². The van der Waals surface area contributed by atoms with E-state index in [0.717, 1.165) is 18.3 Å². The number of halogens is 4. The fraction of sp³-hybridized carbons (Fsp3) is 0.714. The van der Waals surface area contributed by atoms with Gasteiger partial charge in [0.15, 0.2) is 0 Å². The predicted octanol–water partition coefficient (Wildman–Crippen LogP) is 8.51. The smallest absolute Gasteiger partial charge is 0.422 e. The molecule has 190 valence electrons. The maximum Gasteiger partial charge on any atom is 0.422 e. The molecule has 34 heavy (non-hydrogen) atoms. The Kier molecular flexibility index (Phi) is 8.27. The molecule has 0 spiro atoms. The summed E-state index contributed by atoms with van der Waals surface area (Å²) < 4.78 is 66.6. The average molecular weight is 483 g/mol. The zero-order valence-electron chi connectivity index (χ0n) is 20.2. The Morgan fingerprint density at radius 3 is 1.97 bits per heavy atom. The molecule has 2 atom stereocenters. The summed E-state index contributed by atoms with van der Waals surface area (Å²) in [6.45, 7) is 6.07. The molecule has 0 amide bonds. The van der Waals surface area contributed by atoms with E-state index in [1.807, 2.05) is 0 Å². The number of alkyl halides is 3. The quantitative estimate of drug-likeness (QED) is 0.299. The molecule has 1 heterocycles. The number of hydrogen-bond acceptors (Lipinski definition) is 2. The second kappa shape index (κ2) is 11.0. The first-order valence-corrected chi connectivity index (χ1v) is 13.1. The first kappa shape index (κ1) is 25.5. The number of allylic oxidation sites excluding steroid dienone is 1. The molecule has 0 aromatic heterocycles. The van der Waals surface area contributed by atoms with E-state index in [1.165, 1.54) is 63.5 Å². The van der Waals surface area contributed by atoms with Crippen molar-refractivity contribution >= 4 is 0 Å². The lowest BCUT2D eigenvalue weighted by molar-refractivity contribution is -0.141. The molecule has 4 rings (SSSR count). The molecule has 1 saturated heterocycles. The van der Waals surface area contributed by atoms with Gasteiger partial charge in [-0.3, -0.25) is 0 Å². The lowest BCUT2D eigenvalue weighted by atomic mass is 9.67. The highest BCUT2D eigenvalue weighted by Crippen LogP contribution is 2.47. The van der Waals surface area contributed by atoms with Crippen molar-refractivity contribution < 1.29 is 27.0 Å². The Labute approximate surface area is 201 Å². The van der Waals surface area contributed by atoms with Crippen molar-refractivity contribution in [3.05, 3.63) is 41.7 Å². The van der Waals surface area contributed by atoms with E-state index in [1.54, 1.807) is 6.92 Å². The number of ether oxygens (including phenoxy) is 2. The molecule has 2 saturated carbocycles. The highest BCUT2D eigenvalue weighted by atomic mass is 19.4. The van der Waals surface area contributed by atoms with Crippen molar-refractivity contribution in [2.24, 2.45) is 29.6 Å². The van der Waals surface area contributed by atoms with Crippen LogP contribution >= 0.6 is 0 Å². The van der Waals surface area contributed by atoms with Crippen molar-refractivity contribution in [1.29, 1.82) is 0 Å². The molecule has 1 aromatic carbocycles. The fourth-order valence-electron chi connectivity index (χ4n) is 6.69. The number of hydrogen-bond donors (Lipinski definition) is 0. The van der Waals surface area contributed by atoms with Crippen LogP contribution in [0, 0.1) is 35.4 Å². The van der Waals surface area contributed by atoms with Gasteiger partial charge in [-0.25, -0.2) is 4.39 Å². The fourth-order valence-corrected chi connectivity index (χ4v) is 6.69. The first-order chi connectivity index (χ1) is 16.3. The molecule has 1 aromatic rings. The van der Waals surface area contributed by atoms with Gasteiger partial charge in [0.25, 0.3) is 0 Å². The lowest BCUT2D eigenvalue weighted by Crippen LogP contribution is -2.32. The molecule has 2 nitrogen and oxygen atoms in total. The van der Waals surface area contributed by atoms with E-state index in [9.17, 15) is 17.6 Å². The Morgan fingerprint density at radius 2 is 1.47 bits per heavy atom. The van der Waals surface area contributed by atoms with Crippen LogP contribution in [0.25, 0.3) is 0 Å². The lowest BCUT2D eigenvalue weighted by Gasteiger charge is -2.41. The molecule has 1 aliphatic heterocycles. The second-order valence-corrected chi connectivity index (χ2v) is 10.5. The van der Waals surface area contributed by atoms with Crippen LogP contribution in [0.4, 0.5) is 17.6 Å². The van der Waals surface area contributed by atoms with Gasteiger partial charge < -0.3 is 9.47 Å². The van der Waals surface area contributed by atoms with Crippen LogP contribution in [0.3, 0.4) is 0 Å². The third-order valence-corrected chi connectivity index (χ3v) is 8.67. The summed E-state index contributed by atoms with van der Waals surface area (Å²) in [5, 5.41) is 0. The van der Waals surface area contributed by atoms with Crippen LogP contribution in [0.15, 0.2) is 24.8 Å². The van der Waals surface area contributed by atoms with Gasteiger partial charge >= 0.3 is 6.18 Å². The van der Waals surface area contributed by atoms with Crippen molar-refractivity contribution in [3.63, 3.8) is 0 Å². The summed E-state index contributed by atoms with van der Waals surface area (Å²) in [6, 6.07) is 2.62. The first-order valence-electron chi connectivity index (χ1n) is 13.1. The van der Waals surface area contributed by atoms with Crippen molar-refractivity contribution in [1.82, 2.24) is 0 Å². The molecule has 3 aliphatic rings. The van der Waals surface area contributed by atoms with Gasteiger partial charge in [-0.1, -0.05) is 6.08 Å². The summed E-state index contributed by atoms with van der Waals surface area (Å²) in [5.41, 5.74) is -1.33. The monoisotopic (exact) mass is 482 g/mol. The van der Waals surface area contributed by atoms with Gasteiger partial charge in [-0.2, -0.15) is 13.2 Å². The average Bonchev–Trinajstić information content (AvgIpc) is 2.84. The van der Waals surface area contributed by atoms with E-state index in [4.69, 9.17) is 9.47 Å². The molecule has 0 bridgehead atoms. The SMILES string of the molecule is C=CC1CCC(C2CCC(C3CCC(c4ccc(OCC)c(C(F)(F)F)c4F)OC3)CC2)CC1. The minimum Gasteiger partial charge on any atom is -0.493 e. The Balaban J connectivity index is 1.31. The molecular weight excluding hydrogens is 444 g/mol. The molecule has 0 N–H and O–H groups in total. The summed E-state index contributed by atoms with van der Waals surface area (Å²) in [7, 11) is 0. The van der Waals surface area contributed by atoms with Crippen LogP contribution in [-0.2, 0) is 10.9 Å². The molecule has 2 aliphatic carbocycles. The maximum absolute atomic E-state index is 15.0. The zero-order chi connectivity index (χ0) is 24.3. The van der Waals surface area contributed by atoms with Gasteiger partial charge in [0.05, 0.1) is 19.3 Å². The van der Waals surface area contributed by atoms with E-state index < -0.39 is 29.4 Å². The Hall–Kier alpha value is -1.56. The van der Waals surface area contributed by atoms with Gasteiger partial charge in [-0.15, -0.1) is 6.58 Å². The zero-order valence-corrected chi connectivity index (χ0v) is 20.2. The summed E-state index contributed by atoms with van der Waals surface area (Å²) in [5.74, 6) is 1.70. The number of benzene rings is 1. The van der Waals surface area contributed by atoms with Gasteiger partial charge in [0, 0.05) is 5.56 Å². The molecule has 0 radical (unpaired) electrons. The highest BCUT2D eigenvalue weighted by Gasteiger charge is 2.41. The largest absolute Gasteiger partial charge is 0.493 e. The second-order valence-electron chi connectivity index (χ2n) is 10.5. The van der Waals surface area contributed by atoms with E-state index in [0.29, 0.717) is 30.8 Å². The normalized spacial score (nSPS) is 32.9. The van der Waals surface area contributed by atoms with Crippen LogP contribution in [0.2, 0.25) is 0 Å². The Bertz CT molecular complexity index is 812. The molecule has 2 unspecified atom stereocenters. The predicted molar refractivity (Wildman–Crippen MR) is 125 cm³/mol. The summed E-state index contributed by atoms with van der Waals surface area (Å²) in [6.07, 6.45) is 8.28. The topological polar surface area (TPSA) is 18.5 Å². The van der Waals surface area contributed by atoms with Gasteiger partial charge in [-0.05, 0) is 113 Å². The van der Waals surface area contributed by atoms with Gasteiger partial charge in [0.2, 0.25) is 0 Å². The van der Waals surface area contributed by atoms with Crippen molar-refractivity contribution in [2.75, 3.05) is 13.2 Å². The third-order valence-electron chi connectivity index (χ3n) is 8.67. The number of rotatable bonds is 6. The van der Waals surface area contributed by atoms with E-state index in [2.05, 4.69) is 12.7 Å². The highest BCUT2D eigenvalue weighted by molar-refractivity contribution is 5.42. The summed E-state index contributed by atoms with van der Waals surface area (Å²) >= 11 is 0. The van der Waals surface area contributed by atoms with Crippen LogP contribution in [-0.4, -0.2) is 13.2 Å². The minimum atomic E-state index is -4.81. The maximum atomic E-state index is 15.0. The van der Waals surface area contributed by atoms with Crippen LogP contribution < -0.4 is 4.74 Å². The minimum absolute atomic E-state index is 0.00642.